The average molecular weight is 303 g/mol. The number of esters is 1. The highest BCUT2D eigenvalue weighted by Gasteiger charge is 2.34. The summed E-state index contributed by atoms with van der Waals surface area (Å²) < 4.78 is 45.6. The van der Waals surface area contributed by atoms with E-state index in [0.717, 1.165) is 6.07 Å². The van der Waals surface area contributed by atoms with Gasteiger partial charge in [0.05, 0.1) is 25.2 Å². The Balaban J connectivity index is 3.26. The minimum Gasteiger partial charge on any atom is -0.466 e. The second-order valence-electron chi connectivity index (χ2n) is 3.89. The van der Waals surface area contributed by atoms with Gasteiger partial charge in [-0.05, 0) is 12.5 Å². The summed E-state index contributed by atoms with van der Waals surface area (Å²) in [6.07, 6.45) is -5.38. The Hall–Kier alpha value is -2.27. The summed E-state index contributed by atoms with van der Waals surface area (Å²) in [6, 6.07) is 4.01. The van der Waals surface area contributed by atoms with E-state index in [2.05, 4.69) is 9.47 Å². The Morgan fingerprint density at radius 3 is 2.48 bits per heavy atom. The first-order chi connectivity index (χ1) is 9.82. The third kappa shape index (κ3) is 4.65. The second-order valence-corrected chi connectivity index (χ2v) is 3.89. The van der Waals surface area contributed by atoms with Gasteiger partial charge in [-0.1, -0.05) is 12.1 Å². The molecule has 8 heteroatoms. The van der Waals surface area contributed by atoms with Crippen molar-refractivity contribution in [2.24, 2.45) is 0 Å². The van der Waals surface area contributed by atoms with Gasteiger partial charge in [0.1, 0.15) is 6.07 Å². The smallest absolute Gasteiger partial charge is 0.466 e. The number of aliphatic hydroxyl groups is 1. The van der Waals surface area contributed by atoms with E-state index >= 15 is 0 Å². The Morgan fingerprint density at radius 1 is 1.38 bits per heavy atom. The lowest BCUT2D eigenvalue weighted by Crippen LogP contribution is -2.20. The lowest BCUT2D eigenvalue weighted by Gasteiger charge is -2.15. The van der Waals surface area contributed by atoms with Crippen molar-refractivity contribution in [1.29, 1.82) is 5.26 Å². The van der Waals surface area contributed by atoms with Crippen LogP contribution >= 0.6 is 0 Å². The fraction of sp³-hybridized carbons (Fsp3) is 0.385. The van der Waals surface area contributed by atoms with Crippen LogP contribution in [0.1, 0.15) is 23.6 Å². The highest BCUT2D eigenvalue weighted by Crippen LogP contribution is 2.32. The first kappa shape index (κ1) is 16.8. The zero-order valence-electron chi connectivity index (χ0n) is 11.0. The first-order valence-electron chi connectivity index (χ1n) is 5.89. The predicted molar refractivity (Wildman–Crippen MR) is 64.1 cm³/mol. The van der Waals surface area contributed by atoms with Crippen LogP contribution in [-0.4, -0.2) is 24.0 Å². The van der Waals surface area contributed by atoms with E-state index in [1.54, 1.807) is 13.0 Å². The topological polar surface area (TPSA) is 79.6 Å². The fourth-order valence-electron chi connectivity index (χ4n) is 1.66. The molecule has 1 aromatic carbocycles. The van der Waals surface area contributed by atoms with Gasteiger partial charge < -0.3 is 14.6 Å². The van der Waals surface area contributed by atoms with E-state index in [1.807, 2.05) is 0 Å². The maximum atomic E-state index is 12.4. The average Bonchev–Trinajstić information content (AvgIpc) is 2.37. The molecule has 0 aliphatic carbocycles. The van der Waals surface area contributed by atoms with Crippen molar-refractivity contribution in [2.75, 3.05) is 6.61 Å². The van der Waals surface area contributed by atoms with Crippen LogP contribution in [0.25, 0.3) is 0 Å². The number of hydrogen-bond acceptors (Lipinski definition) is 5. The van der Waals surface area contributed by atoms with Crippen LogP contribution in [0, 0.1) is 11.3 Å². The third-order valence-electron chi connectivity index (χ3n) is 2.47. The van der Waals surface area contributed by atoms with E-state index in [4.69, 9.17) is 10.4 Å². The normalized spacial score (nSPS) is 10.9. The molecule has 1 N–H and O–H groups in total. The Kier molecular flexibility index (Phi) is 5.55. The van der Waals surface area contributed by atoms with E-state index in [9.17, 15) is 18.0 Å². The van der Waals surface area contributed by atoms with Crippen molar-refractivity contribution >= 4 is 5.97 Å². The van der Waals surface area contributed by atoms with Gasteiger partial charge in [0, 0.05) is 5.56 Å². The van der Waals surface area contributed by atoms with Crippen molar-refractivity contribution in [1.82, 2.24) is 0 Å². The molecule has 0 aromatic heterocycles. The summed E-state index contributed by atoms with van der Waals surface area (Å²) in [5, 5.41) is 18.1. The largest absolute Gasteiger partial charge is 0.573 e. The van der Waals surface area contributed by atoms with Crippen molar-refractivity contribution in [3.05, 3.63) is 28.8 Å². The van der Waals surface area contributed by atoms with Gasteiger partial charge in [0.15, 0.2) is 5.75 Å². The number of carbonyl (C=O) groups is 1. The van der Waals surface area contributed by atoms with Crippen molar-refractivity contribution in [3.63, 3.8) is 0 Å². The van der Waals surface area contributed by atoms with Gasteiger partial charge in [-0.25, -0.2) is 0 Å². The van der Waals surface area contributed by atoms with Crippen LogP contribution in [0.3, 0.4) is 0 Å². The molecule has 0 aliphatic heterocycles. The van der Waals surface area contributed by atoms with Crippen molar-refractivity contribution in [2.45, 2.75) is 26.3 Å². The third-order valence-corrected chi connectivity index (χ3v) is 2.47. The standard InChI is InChI=1S/C13H12F3NO4/c1-2-20-11(19)5-8-3-4-9(7-18)12(10(8)6-17)21-13(14,15)16/h3-4,18H,2,5,7H2,1H3. The summed E-state index contributed by atoms with van der Waals surface area (Å²) in [6.45, 7) is 0.956. The number of alkyl halides is 3. The zero-order valence-corrected chi connectivity index (χ0v) is 11.0. The number of benzene rings is 1. The molecule has 0 aliphatic rings. The van der Waals surface area contributed by atoms with Gasteiger partial charge in [-0.15, -0.1) is 13.2 Å². The molecule has 0 saturated heterocycles. The number of carbonyl (C=O) groups excluding carboxylic acids is 1. The molecular weight excluding hydrogens is 291 g/mol. The quantitative estimate of drug-likeness (QED) is 0.842. The van der Waals surface area contributed by atoms with E-state index in [1.165, 1.54) is 6.07 Å². The molecule has 0 bridgehead atoms. The van der Waals surface area contributed by atoms with Gasteiger partial charge >= 0.3 is 12.3 Å². The summed E-state index contributed by atoms with van der Waals surface area (Å²) in [4.78, 5) is 11.4. The Bertz CT molecular complexity index is 564. The molecule has 21 heavy (non-hydrogen) atoms. The Morgan fingerprint density at radius 2 is 2.00 bits per heavy atom. The summed E-state index contributed by atoms with van der Waals surface area (Å²) in [7, 11) is 0. The molecule has 0 atom stereocenters. The Labute approximate surface area is 118 Å². The van der Waals surface area contributed by atoms with Crippen LogP contribution in [0.4, 0.5) is 13.2 Å². The number of halogens is 3. The lowest BCUT2D eigenvalue weighted by molar-refractivity contribution is -0.275. The maximum absolute atomic E-state index is 12.4. The van der Waals surface area contributed by atoms with E-state index in [0.29, 0.717) is 0 Å². The van der Waals surface area contributed by atoms with Crippen LogP contribution in [-0.2, 0) is 22.6 Å². The minimum atomic E-state index is -5.02. The molecule has 0 spiro atoms. The molecule has 0 saturated carbocycles. The molecule has 0 heterocycles. The molecular formula is C13H12F3NO4. The molecule has 5 nitrogen and oxygen atoms in total. The molecule has 0 unspecified atom stereocenters. The SMILES string of the molecule is CCOC(=O)Cc1ccc(CO)c(OC(F)(F)F)c1C#N. The first-order valence-corrected chi connectivity index (χ1v) is 5.89. The fourth-order valence-corrected chi connectivity index (χ4v) is 1.66. The van der Waals surface area contributed by atoms with Crippen molar-refractivity contribution < 1.29 is 32.5 Å². The summed E-state index contributed by atoms with van der Waals surface area (Å²) >= 11 is 0. The van der Waals surface area contributed by atoms with E-state index < -0.39 is 30.3 Å². The minimum absolute atomic E-state index is 0.0346. The summed E-state index contributed by atoms with van der Waals surface area (Å²) in [5.41, 5.74) is -0.615. The molecule has 1 rings (SSSR count). The highest BCUT2D eigenvalue weighted by molar-refractivity contribution is 5.74. The molecule has 0 radical (unpaired) electrons. The van der Waals surface area contributed by atoms with E-state index in [-0.39, 0.29) is 24.2 Å². The zero-order chi connectivity index (χ0) is 16.0. The van der Waals surface area contributed by atoms with Gasteiger partial charge in [-0.2, -0.15) is 5.26 Å². The highest BCUT2D eigenvalue weighted by atomic mass is 19.4. The van der Waals surface area contributed by atoms with Crippen LogP contribution < -0.4 is 4.74 Å². The van der Waals surface area contributed by atoms with Crippen molar-refractivity contribution in [3.8, 4) is 11.8 Å². The monoisotopic (exact) mass is 303 g/mol. The van der Waals surface area contributed by atoms with Gasteiger partial charge in [0.25, 0.3) is 0 Å². The number of nitrogens with zero attached hydrogens (tertiary/aromatic N) is 1. The maximum Gasteiger partial charge on any atom is 0.573 e. The number of ether oxygens (including phenoxy) is 2. The van der Waals surface area contributed by atoms with Gasteiger partial charge in [0.2, 0.25) is 0 Å². The van der Waals surface area contributed by atoms with Gasteiger partial charge in [-0.3, -0.25) is 4.79 Å². The van der Waals surface area contributed by atoms with Crippen LogP contribution in [0.15, 0.2) is 12.1 Å². The lowest BCUT2D eigenvalue weighted by atomic mass is 10.0. The molecule has 0 amide bonds. The predicted octanol–water partition coefficient (Wildman–Crippen LogP) is 2.05. The molecule has 1 aromatic rings. The number of rotatable bonds is 5. The van der Waals surface area contributed by atoms with Crippen LogP contribution in [0.5, 0.6) is 5.75 Å². The second kappa shape index (κ2) is 6.95. The molecule has 0 fully saturated rings. The number of nitriles is 1. The number of hydrogen-bond donors (Lipinski definition) is 1. The number of aliphatic hydroxyl groups excluding tert-OH is 1. The van der Waals surface area contributed by atoms with Crippen LogP contribution in [0.2, 0.25) is 0 Å². The molecule has 114 valence electrons. The summed E-state index contributed by atoms with van der Waals surface area (Å²) in [5.74, 6) is -1.47.